The minimum absolute atomic E-state index is 0.0429. The number of amidine groups is 2. The Hall–Kier alpha value is -2.19. The summed E-state index contributed by atoms with van der Waals surface area (Å²) in [7, 11) is 0. The van der Waals surface area contributed by atoms with Crippen LogP contribution in [-0.4, -0.2) is 36.7 Å². The summed E-state index contributed by atoms with van der Waals surface area (Å²) in [5.41, 5.74) is -1.90. The predicted molar refractivity (Wildman–Crippen MR) is 117 cm³/mol. The fourth-order valence-electron chi connectivity index (χ4n) is 3.50. The molecule has 0 spiro atoms. The van der Waals surface area contributed by atoms with Crippen molar-refractivity contribution in [1.29, 1.82) is 0 Å². The highest BCUT2D eigenvalue weighted by Gasteiger charge is 2.52. The number of anilines is 1. The summed E-state index contributed by atoms with van der Waals surface area (Å²) in [5, 5.41) is 0.770. The number of hydrazine groups is 1. The smallest absolute Gasteiger partial charge is 0.332 e. The molecule has 0 aromatic heterocycles. The number of nitrogens with one attached hydrogen (secondary N) is 2. The van der Waals surface area contributed by atoms with Crippen molar-refractivity contribution in [2.75, 3.05) is 11.6 Å². The van der Waals surface area contributed by atoms with Crippen LogP contribution < -0.4 is 15.8 Å². The summed E-state index contributed by atoms with van der Waals surface area (Å²) in [5.74, 6) is -2.21. The number of hydrogen-bond acceptors (Lipinski definition) is 4. The Morgan fingerprint density at radius 2 is 1.56 bits per heavy atom. The lowest BCUT2D eigenvalue weighted by Gasteiger charge is -2.25. The summed E-state index contributed by atoms with van der Waals surface area (Å²) in [6.45, 7) is 3.76. The van der Waals surface area contributed by atoms with Gasteiger partial charge >= 0.3 is 18.5 Å². The van der Waals surface area contributed by atoms with E-state index in [0.717, 1.165) is 5.01 Å². The van der Waals surface area contributed by atoms with E-state index in [1.54, 1.807) is 0 Å². The molecule has 5 nitrogen and oxygen atoms in total. The monoisotopic (exact) mass is 569 g/mol. The molecule has 1 unspecified atom stereocenters. The molecule has 1 fully saturated rings. The van der Waals surface area contributed by atoms with Crippen molar-refractivity contribution in [2.45, 2.75) is 51.4 Å². The maximum atomic E-state index is 13.9. The van der Waals surface area contributed by atoms with Crippen molar-refractivity contribution in [3.05, 3.63) is 39.0 Å². The summed E-state index contributed by atoms with van der Waals surface area (Å²) >= 11 is 12.0. The van der Waals surface area contributed by atoms with E-state index in [9.17, 15) is 39.5 Å². The molecule has 2 heterocycles. The standard InChI is InChI=1S/C20H18Cl2F9N5/c1-8(2)4-3-5-32-16-12-14(19(26,27)28)33-17(20(29,30)31)34-15(12)35-36(16)13-10(21)6-9(7-11(13)22)18(23,24)25/h6-8,15,35H,3-5H2,1-2H3,(H,33,34). The van der Waals surface area contributed by atoms with Crippen LogP contribution in [0.5, 0.6) is 0 Å². The van der Waals surface area contributed by atoms with E-state index in [4.69, 9.17) is 23.2 Å². The first-order chi connectivity index (χ1) is 16.4. The molecule has 0 bridgehead atoms. The third-order valence-electron chi connectivity index (χ3n) is 5.07. The molecule has 2 N–H and O–H groups in total. The second-order valence-corrected chi connectivity index (χ2v) is 9.10. The number of benzene rings is 1. The van der Waals surface area contributed by atoms with E-state index in [-0.39, 0.29) is 12.5 Å². The maximum absolute atomic E-state index is 13.9. The number of rotatable bonds is 5. The minimum atomic E-state index is -5.29. The average molecular weight is 570 g/mol. The molecule has 16 heteroatoms. The van der Waals surface area contributed by atoms with Crippen molar-refractivity contribution in [3.8, 4) is 0 Å². The lowest BCUT2D eigenvalue weighted by Crippen LogP contribution is -2.47. The SMILES string of the molecule is CC(C)CCCN=C1C2=C(C(F)(F)F)NC(C(F)(F)F)=NC2NN1c1c(Cl)cc(C(F)(F)F)cc1Cl. The molecule has 2 aliphatic rings. The van der Waals surface area contributed by atoms with Gasteiger partial charge in [-0.2, -0.15) is 44.9 Å². The van der Waals surface area contributed by atoms with Gasteiger partial charge in [-0.05, 0) is 30.9 Å². The van der Waals surface area contributed by atoms with Gasteiger partial charge in [0.05, 0.1) is 26.9 Å². The van der Waals surface area contributed by atoms with Crippen LogP contribution in [0.3, 0.4) is 0 Å². The normalized spacial score (nSPS) is 20.3. The summed E-state index contributed by atoms with van der Waals surface area (Å²) in [4.78, 5) is 7.43. The van der Waals surface area contributed by atoms with Gasteiger partial charge in [-0.3, -0.25) is 10.0 Å². The molecule has 1 atom stereocenters. The number of fused-ring (bicyclic) bond motifs is 1. The molecule has 3 rings (SSSR count). The first kappa shape index (κ1) is 28.4. The van der Waals surface area contributed by atoms with Gasteiger partial charge in [0.25, 0.3) is 0 Å². The largest absolute Gasteiger partial charge is 0.449 e. The number of aliphatic imine (C=N–C) groups is 2. The summed E-state index contributed by atoms with van der Waals surface area (Å²) in [6, 6.07) is 0.981. The van der Waals surface area contributed by atoms with Crippen molar-refractivity contribution in [2.24, 2.45) is 15.9 Å². The lowest BCUT2D eigenvalue weighted by molar-refractivity contribution is -0.137. The molecule has 0 radical (unpaired) electrons. The number of halogens is 11. The van der Waals surface area contributed by atoms with Gasteiger partial charge in [0.2, 0.25) is 5.84 Å². The molecule has 0 aliphatic carbocycles. The highest BCUT2D eigenvalue weighted by Crippen LogP contribution is 2.43. The third kappa shape index (κ3) is 6.02. The molecule has 1 aromatic rings. The molecule has 1 saturated heterocycles. The van der Waals surface area contributed by atoms with Gasteiger partial charge < -0.3 is 5.32 Å². The fraction of sp³-hybridized carbons (Fsp3) is 0.500. The average Bonchev–Trinajstić information content (AvgIpc) is 3.05. The second-order valence-electron chi connectivity index (χ2n) is 8.28. The topological polar surface area (TPSA) is 52.0 Å². The Labute approximate surface area is 209 Å². The van der Waals surface area contributed by atoms with E-state index >= 15 is 0 Å². The van der Waals surface area contributed by atoms with E-state index in [0.29, 0.717) is 25.0 Å². The van der Waals surface area contributed by atoms with Crippen LogP contribution in [0.4, 0.5) is 45.2 Å². The van der Waals surface area contributed by atoms with Crippen molar-refractivity contribution < 1.29 is 39.5 Å². The first-order valence-electron chi connectivity index (χ1n) is 10.3. The van der Waals surface area contributed by atoms with Crippen LogP contribution >= 0.6 is 23.2 Å². The zero-order chi connectivity index (χ0) is 27.2. The third-order valence-corrected chi connectivity index (χ3v) is 5.65. The lowest BCUT2D eigenvalue weighted by atomic mass is 10.1. The molecule has 200 valence electrons. The predicted octanol–water partition coefficient (Wildman–Crippen LogP) is 6.88. The van der Waals surface area contributed by atoms with E-state index in [2.05, 4.69) is 15.4 Å². The zero-order valence-corrected chi connectivity index (χ0v) is 19.9. The molecular weight excluding hydrogens is 552 g/mol. The summed E-state index contributed by atoms with van der Waals surface area (Å²) in [6.07, 6.45) is -16.3. The highest BCUT2D eigenvalue weighted by molar-refractivity contribution is 6.40. The van der Waals surface area contributed by atoms with Crippen LogP contribution in [0, 0.1) is 5.92 Å². The minimum Gasteiger partial charge on any atom is -0.332 e. The Morgan fingerprint density at radius 3 is 2.03 bits per heavy atom. The van der Waals surface area contributed by atoms with Crippen LogP contribution in [0.25, 0.3) is 0 Å². The number of alkyl halides is 9. The van der Waals surface area contributed by atoms with Gasteiger partial charge in [-0.1, -0.05) is 37.0 Å². The van der Waals surface area contributed by atoms with Crippen LogP contribution in [0.2, 0.25) is 10.0 Å². The second kappa shape index (κ2) is 9.93. The van der Waals surface area contributed by atoms with Gasteiger partial charge in [0.1, 0.15) is 11.9 Å². The van der Waals surface area contributed by atoms with Crippen molar-refractivity contribution >= 4 is 40.6 Å². The first-order valence-corrected chi connectivity index (χ1v) is 11.1. The molecule has 0 amide bonds. The van der Waals surface area contributed by atoms with Crippen LogP contribution in [-0.2, 0) is 6.18 Å². The Morgan fingerprint density at radius 1 is 0.972 bits per heavy atom. The fourth-order valence-corrected chi connectivity index (χ4v) is 4.16. The number of nitrogens with zero attached hydrogens (tertiary/aromatic N) is 3. The van der Waals surface area contributed by atoms with E-state index < -0.39 is 68.9 Å². The maximum Gasteiger partial charge on any atom is 0.449 e. The van der Waals surface area contributed by atoms with Gasteiger partial charge in [0.15, 0.2) is 5.84 Å². The van der Waals surface area contributed by atoms with Crippen molar-refractivity contribution in [3.63, 3.8) is 0 Å². The molecular formula is C20H18Cl2F9N5. The molecule has 2 aliphatic heterocycles. The van der Waals surface area contributed by atoms with Crippen LogP contribution in [0.15, 0.2) is 33.4 Å². The van der Waals surface area contributed by atoms with E-state index in [1.807, 2.05) is 13.8 Å². The van der Waals surface area contributed by atoms with Gasteiger partial charge in [-0.15, -0.1) is 0 Å². The highest BCUT2D eigenvalue weighted by atomic mass is 35.5. The van der Waals surface area contributed by atoms with Gasteiger partial charge in [-0.25, -0.2) is 4.99 Å². The Balaban J connectivity index is 2.19. The zero-order valence-electron chi connectivity index (χ0n) is 18.4. The molecule has 0 saturated carbocycles. The molecule has 1 aromatic carbocycles. The van der Waals surface area contributed by atoms with Gasteiger partial charge in [0, 0.05) is 6.54 Å². The quantitative estimate of drug-likeness (QED) is 0.300. The molecule has 36 heavy (non-hydrogen) atoms. The van der Waals surface area contributed by atoms with Crippen LogP contribution in [0.1, 0.15) is 32.3 Å². The summed E-state index contributed by atoms with van der Waals surface area (Å²) < 4.78 is 121. The Bertz CT molecular complexity index is 1080. The van der Waals surface area contributed by atoms with Crippen molar-refractivity contribution in [1.82, 2.24) is 10.7 Å². The number of hydrogen-bond donors (Lipinski definition) is 2. The van der Waals surface area contributed by atoms with E-state index in [1.165, 1.54) is 5.32 Å². The number of allylic oxidation sites excluding steroid dienone is 1. The Kier molecular flexibility index (Phi) is 7.83.